The Hall–Kier alpha value is -2.70. The first-order chi connectivity index (χ1) is 12.1. The fourth-order valence-electron chi connectivity index (χ4n) is 2.51. The van der Waals surface area contributed by atoms with Crippen LogP contribution in [0.1, 0.15) is 32.0 Å². The average molecular weight is 345 g/mol. The number of aryl methyl sites for hydroxylation is 2. The number of nitrogens with two attached hydrogens (primary N) is 1. The van der Waals surface area contributed by atoms with E-state index < -0.39 is 0 Å². The van der Waals surface area contributed by atoms with E-state index in [0.717, 1.165) is 29.1 Å². The molecular weight excluding hydrogens is 318 g/mol. The molecule has 1 aromatic carbocycles. The molecule has 0 amide bonds. The van der Waals surface area contributed by atoms with Crippen molar-refractivity contribution in [2.24, 2.45) is 17.8 Å². The smallest absolute Gasteiger partial charge is 0.193 e. The van der Waals surface area contributed by atoms with Gasteiger partial charge in [0.2, 0.25) is 0 Å². The van der Waals surface area contributed by atoms with Crippen LogP contribution in [0, 0.1) is 0 Å². The Morgan fingerprint density at radius 2 is 2.00 bits per heavy atom. The summed E-state index contributed by atoms with van der Waals surface area (Å²) in [5.74, 6) is 1.78. The molecule has 0 aliphatic rings. The summed E-state index contributed by atoms with van der Waals surface area (Å²) in [6.07, 6.45) is 2.83. The average Bonchev–Trinajstić information content (AvgIpc) is 2.95. The summed E-state index contributed by atoms with van der Waals surface area (Å²) < 4.78 is 13.0. The molecule has 0 atom stereocenters. The zero-order chi connectivity index (χ0) is 18.2. The highest BCUT2D eigenvalue weighted by Crippen LogP contribution is 2.29. The Bertz CT molecular complexity index is 724. The molecule has 0 unspecified atom stereocenters. The van der Waals surface area contributed by atoms with Gasteiger partial charge >= 0.3 is 0 Å². The molecule has 25 heavy (non-hydrogen) atoms. The Balaban J connectivity index is 2.14. The lowest BCUT2D eigenvalue weighted by atomic mass is 10.2. The molecule has 2 rings (SSSR count). The van der Waals surface area contributed by atoms with Crippen LogP contribution >= 0.6 is 0 Å². The highest BCUT2D eigenvalue weighted by Gasteiger charge is 2.08. The van der Waals surface area contributed by atoms with Crippen molar-refractivity contribution in [1.29, 1.82) is 0 Å². The van der Waals surface area contributed by atoms with Crippen LogP contribution in [0.2, 0.25) is 0 Å². The molecular formula is C18H27N5O2. The second kappa shape index (κ2) is 8.96. The van der Waals surface area contributed by atoms with Gasteiger partial charge in [-0.2, -0.15) is 5.10 Å². The molecule has 7 nitrogen and oxygen atoms in total. The van der Waals surface area contributed by atoms with Crippen LogP contribution in [0.25, 0.3) is 0 Å². The fourth-order valence-corrected chi connectivity index (χ4v) is 2.51. The summed E-state index contributed by atoms with van der Waals surface area (Å²) >= 11 is 0. The molecule has 0 aliphatic carbocycles. The number of nitrogens with zero attached hydrogens (tertiary/aromatic N) is 3. The molecule has 2 aromatic rings. The zero-order valence-corrected chi connectivity index (χ0v) is 15.4. The van der Waals surface area contributed by atoms with Crippen molar-refractivity contribution in [2.75, 3.05) is 18.5 Å². The summed E-state index contributed by atoms with van der Waals surface area (Å²) in [7, 11) is 1.90. The number of aromatic nitrogens is 2. The molecule has 136 valence electrons. The predicted molar refractivity (Wildman–Crippen MR) is 100 cm³/mol. The van der Waals surface area contributed by atoms with Gasteiger partial charge in [-0.3, -0.25) is 4.68 Å². The summed E-state index contributed by atoms with van der Waals surface area (Å²) in [6.45, 7) is 7.59. The molecule has 0 radical (unpaired) electrons. The van der Waals surface area contributed by atoms with E-state index in [2.05, 4.69) is 22.3 Å². The van der Waals surface area contributed by atoms with Crippen molar-refractivity contribution in [3.8, 4) is 11.5 Å². The molecule has 0 fully saturated rings. The predicted octanol–water partition coefficient (Wildman–Crippen LogP) is 2.71. The molecule has 0 saturated carbocycles. The van der Waals surface area contributed by atoms with Gasteiger partial charge in [-0.25, -0.2) is 4.99 Å². The number of rotatable bonds is 8. The number of hydrogen-bond donors (Lipinski definition) is 2. The first-order valence-corrected chi connectivity index (χ1v) is 8.55. The lowest BCUT2D eigenvalue weighted by Gasteiger charge is -2.14. The molecule has 7 heteroatoms. The second-order valence-electron chi connectivity index (χ2n) is 5.48. The Kier molecular flexibility index (Phi) is 6.68. The normalized spacial score (nSPS) is 11.4. The quantitative estimate of drug-likeness (QED) is 0.567. The van der Waals surface area contributed by atoms with E-state index in [4.69, 9.17) is 15.2 Å². The summed E-state index contributed by atoms with van der Waals surface area (Å²) in [5, 5.41) is 7.52. The van der Waals surface area contributed by atoms with Crippen LogP contribution in [-0.2, 0) is 20.0 Å². The van der Waals surface area contributed by atoms with E-state index in [9.17, 15) is 0 Å². The maximum atomic E-state index is 6.06. The number of ether oxygens (including phenoxy) is 2. The largest absolute Gasteiger partial charge is 0.494 e. The lowest BCUT2D eigenvalue weighted by Crippen LogP contribution is -2.23. The first kappa shape index (κ1) is 18.6. The van der Waals surface area contributed by atoms with Crippen molar-refractivity contribution in [2.45, 2.75) is 33.7 Å². The highest BCUT2D eigenvalue weighted by molar-refractivity contribution is 5.94. The van der Waals surface area contributed by atoms with Crippen LogP contribution in [-0.4, -0.2) is 29.0 Å². The second-order valence-corrected chi connectivity index (χ2v) is 5.48. The number of nitrogens with one attached hydrogen (secondary N) is 1. The van der Waals surface area contributed by atoms with E-state index in [0.29, 0.717) is 31.5 Å². The minimum absolute atomic E-state index is 0.320. The van der Waals surface area contributed by atoms with Crippen molar-refractivity contribution in [3.05, 3.63) is 35.7 Å². The third-order valence-corrected chi connectivity index (χ3v) is 3.57. The van der Waals surface area contributed by atoms with Gasteiger partial charge in [0.1, 0.15) is 11.5 Å². The molecule has 0 bridgehead atoms. The SMILES string of the molecule is CCOc1ccc(OCC)c(NC(N)=NCc2cn(C)nc2CC)c1. The van der Waals surface area contributed by atoms with E-state index in [-0.39, 0.29) is 0 Å². The minimum atomic E-state index is 0.320. The molecule has 0 aliphatic heterocycles. The molecule has 3 N–H and O–H groups in total. The number of benzene rings is 1. The van der Waals surface area contributed by atoms with Gasteiger partial charge in [-0.05, 0) is 32.4 Å². The number of hydrogen-bond acceptors (Lipinski definition) is 4. The Labute approximate surface area is 148 Å². The molecule has 1 heterocycles. The monoisotopic (exact) mass is 345 g/mol. The third kappa shape index (κ3) is 5.14. The van der Waals surface area contributed by atoms with Crippen molar-refractivity contribution < 1.29 is 9.47 Å². The van der Waals surface area contributed by atoms with Gasteiger partial charge < -0.3 is 20.5 Å². The summed E-state index contributed by atoms with van der Waals surface area (Å²) in [4.78, 5) is 4.42. The van der Waals surface area contributed by atoms with Crippen LogP contribution in [0.15, 0.2) is 29.4 Å². The zero-order valence-electron chi connectivity index (χ0n) is 15.4. The van der Waals surface area contributed by atoms with Gasteiger partial charge in [0, 0.05) is 24.9 Å². The number of aliphatic imine (C=N–C) groups is 1. The van der Waals surface area contributed by atoms with Crippen molar-refractivity contribution in [1.82, 2.24) is 9.78 Å². The van der Waals surface area contributed by atoms with E-state index in [1.54, 1.807) is 4.68 Å². The van der Waals surface area contributed by atoms with Gasteiger partial charge in [0.25, 0.3) is 0 Å². The number of anilines is 1. The van der Waals surface area contributed by atoms with Crippen molar-refractivity contribution in [3.63, 3.8) is 0 Å². The Morgan fingerprint density at radius 3 is 2.68 bits per heavy atom. The van der Waals surface area contributed by atoms with Crippen LogP contribution in [0.3, 0.4) is 0 Å². The van der Waals surface area contributed by atoms with Gasteiger partial charge in [0.05, 0.1) is 31.1 Å². The fraction of sp³-hybridized carbons (Fsp3) is 0.444. The maximum Gasteiger partial charge on any atom is 0.193 e. The van der Waals surface area contributed by atoms with E-state index in [1.807, 2.05) is 45.3 Å². The van der Waals surface area contributed by atoms with Crippen LogP contribution < -0.4 is 20.5 Å². The minimum Gasteiger partial charge on any atom is -0.494 e. The van der Waals surface area contributed by atoms with E-state index >= 15 is 0 Å². The van der Waals surface area contributed by atoms with Crippen molar-refractivity contribution >= 4 is 11.6 Å². The van der Waals surface area contributed by atoms with Gasteiger partial charge in [-0.1, -0.05) is 6.92 Å². The first-order valence-electron chi connectivity index (χ1n) is 8.55. The van der Waals surface area contributed by atoms with E-state index in [1.165, 1.54) is 0 Å². The molecule has 0 spiro atoms. The third-order valence-electron chi connectivity index (χ3n) is 3.57. The number of guanidine groups is 1. The van der Waals surface area contributed by atoms with Crippen LogP contribution in [0.5, 0.6) is 11.5 Å². The highest BCUT2D eigenvalue weighted by atomic mass is 16.5. The molecule has 0 saturated heterocycles. The standard InChI is InChI=1S/C18H27N5O2/c1-5-15-13(12-23(4)22-15)11-20-18(19)21-16-10-14(24-6-2)8-9-17(16)25-7-3/h8-10,12H,5-7,11H2,1-4H3,(H3,19,20,21). The Morgan fingerprint density at radius 1 is 1.24 bits per heavy atom. The van der Waals surface area contributed by atoms with Crippen LogP contribution in [0.4, 0.5) is 5.69 Å². The lowest BCUT2D eigenvalue weighted by molar-refractivity contribution is 0.332. The summed E-state index contributed by atoms with van der Waals surface area (Å²) in [5.41, 5.74) is 8.90. The topological polar surface area (TPSA) is 86.7 Å². The maximum absolute atomic E-state index is 6.06. The molecule has 1 aromatic heterocycles. The van der Waals surface area contributed by atoms with Gasteiger partial charge in [-0.15, -0.1) is 0 Å². The summed E-state index contributed by atoms with van der Waals surface area (Å²) in [6, 6.07) is 5.59. The van der Waals surface area contributed by atoms with Gasteiger partial charge in [0.15, 0.2) is 5.96 Å².